The summed E-state index contributed by atoms with van der Waals surface area (Å²) in [6.07, 6.45) is 0. The Morgan fingerprint density at radius 1 is 1.47 bits per heavy atom. The van der Waals surface area contributed by atoms with E-state index in [4.69, 9.17) is 22.7 Å². The van der Waals surface area contributed by atoms with Gasteiger partial charge >= 0.3 is 0 Å². The van der Waals surface area contributed by atoms with Crippen LogP contribution in [-0.2, 0) is 6.54 Å². The molecule has 3 N–H and O–H groups in total. The van der Waals surface area contributed by atoms with Crippen molar-refractivity contribution >= 4 is 50.4 Å². The number of halogens is 2. The van der Waals surface area contributed by atoms with Gasteiger partial charge in [0, 0.05) is 29.9 Å². The van der Waals surface area contributed by atoms with Gasteiger partial charge in [-0.2, -0.15) is 0 Å². The summed E-state index contributed by atoms with van der Waals surface area (Å²) < 4.78 is 1.11. The fourth-order valence-electron chi connectivity index (χ4n) is 1.84. The van der Waals surface area contributed by atoms with Gasteiger partial charge in [-0.1, -0.05) is 11.6 Å². The summed E-state index contributed by atoms with van der Waals surface area (Å²) in [5.41, 5.74) is 8.37. The number of rotatable bonds is 4. The maximum atomic E-state index is 7.63. The topological polar surface area (TPSA) is 53.1 Å². The monoisotopic (exact) mass is 357 g/mol. The van der Waals surface area contributed by atoms with Crippen molar-refractivity contribution in [2.75, 3.05) is 11.9 Å². The van der Waals surface area contributed by atoms with E-state index in [0.717, 1.165) is 16.0 Å². The third kappa shape index (κ3) is 3.49. The van der Waals surface area contributed by atoms with Gasteiger partial charge in [-0.25, -0.2) is 0 Å². The zero-order chi connectivity index (χ0) is 14.0. The Morgan fingerprint density at radius 3 is 2.79 bits per heavy atom. The van der Waals surface area contributed by atoms with E-state index in [1.165, 1.54) is 5.56 Å². The van der Waals surface area contributed by atoms with Gasteiger partial charge in [0.1, 0.15) is 5.84 Å². The first-order valence-electron chi connectivity index (χ1n) is 5.55. The number of amidine groups is 1. The summed E-state index contributed by atoms with van der Waals surface area (Å²) in [5.74, 6) is 0.0463. The quantitative estimate of drug-likeness (QED) is 0.639. The van der Waals surface area contributed by atoms with Crippen LogP contribution >= 0.6 is 38.9 Å². The first-order chi connectivity index (χ1) is 8.97. The first kappa shape index (κ1) is 14.4. The van der Waals surface area contributed by atoms with Crippen molar-refractivity contribution in [3.63, 3.8) is 0 Å². The molecule has 19 heavy (non-hydrogen) atoms. The molecule has 3 nitrogen and oxygen atoms in total. The first-order valence-corrected chi connectivity index (χ1v) is 7.60. The highest BCUT2D eigenvalue weighted by Gasteiger charge is 2.11. The van der Waals surface area contributed by atoms with E-state index in [1.807, 2.05) is 18.0 Å². The predicted octanol–water partition coefficient (Wildman–Crippen LogP) is 4.08. The summed E-state index contributed by atoms with van der Waals surface area (Å²) in [5, 5.41) is 10.4. The van der Waals surface area contributed by atoms with Crippen LogP contribution in [0, 0.1) is 5.41 Å². The average Bonchev–Trinajstić information content (AvgIpc) is 2.74. The van der Waals surface area contributed by atoms with Crippen molar-refractivity contribution in [2.45, 2.75) is 6.54 Å². The van der Waals surface area contributed by atoms with Crippen LogP contribution in [0.2, 0.25) is 5.02 Å². The molecular weight excluding hydrogens is 346 g/mol. The molecule has 1 aromatic heterocycles. The van der Waals surface area contributed by atoms with Crippen molar-refractivity contribution < 1.29 is 0 Å². The van der Waals surface area contributed by atoms with Crippen LogP contribution in [0.1, 0.15) is 11.1 Å². The standard InChI is InChI=1S/C13H13BrClN3S/c1-18(6-8-4-12(14)19-7-8)11-5-9(15)2-3-10(11)13(16)17/h2-5,7H,6H2,1H3,(H3,16,17). The number of nitrogens with zero attached hydrogens (tertiary/aromatic N) is 1. The molecule has 0 aliphatic carbocycles. The van der Waals surface area contributed by atoms with E-state index in [1.54, 1.807) is 23.5 Å². The molecule has 0 aliphatic rings. The molecular formula is C13H13BrClN3S. The molecule has 0 spiro atoms. The van der Waals surface area contributed by atoms with Crippen LogP contribution in [0.5, 0.6) is 0 Å². The number of nitrogen functional groups attached to an aromatic ring is 1. The fourth-order valence-corrected chi connectivity index (χ4v) is 3.20. The number of nitrogens with two attached hydrogens (primary N) is 1. The molecule has 0 atom stereocenters. The van der Waals surface area contributed by atoms with Crippen molar-refractivity contribution in [1.29, 1.82) is 5.41 Å². The fraction of sp³-hybridized carbons (Fsp3) is 0.154. The lowest BCUT2D eigenvalue weighted by molar-refractivity contribution is 0.925. The Kier molecular flexibility index (Phi) is 4.50. The second-order valence-electron chi connectivity index (χ2n) is 4.19. The second kappa shape index (κ2) is 5.94. The number of nitrogens with one attached hydrogen (secondary N) is 1. The van der Waals surface area contributed by atoms with Gasteiger partial charge in [-0.05, 0) is 51.1 Å². The highest BCUT2D eigenvalue weighted by atomic mass is 79.9. The molecule has 6 heteroatoms. The third-order valence-corrected chi connectivity index (χ3v) is 4.49. The number of hydrogen-bond acceptors (Lipinski definition) is 3. The Labute approximate surface area is 129 Å². The molecule has 0 saturated heterocycles. The number of hydrogen-bond donors (Lipinski definition) is 2. The Morgan fingerprint density at radius 2 is 2.21 bits per heavy atom. The average molecular weight is 359 g/mol. The maximum absolute atomic E-state index is 7.63. The molecule has 0 amide bonds. The van der Waals surface area contributed by atoms with Crippen LogP contribution in [0.3, 0.4) is 0 Å². The normalized spacial score (nSPS) is 10.5. The Balaban J connectivity index is 2.29. The van der Waals surface area contributed by atoms with Crippen molar-refractivity contribution in [3.05, 3.63) is 49.6 Å². The Bertz CT molecular complexity index is 612. The van der Waals surface area contributed by atoms with Crippen molar-refractivity contribution in [3.8, 4) is 0 Å². The van der Waals surface area contributed by atoms with Gasteiger partial charge in [0.2, 0.25) is 0 Å². The lowest BCUT2D eigenvalue weighted by Gasteiger charge is -2.22. The number of thiophene rings is 1. The summed E-state index contributed by atoms with van der Waals surface area (Å²) in [6.45, 7) is 0.739. The van der Waals surface area contributed by atoms with E-state index in [0.29, 0.717) is 10.6 Å². The minimum absolute atomic E-state index is 0.0463. The largest absolute Gasteiger partial charge is 0.384 e. The third-order valence-electron chi connectivity index (χ3n) is 2.70. The molecule has 0 unspecified atom stereocenters. The lowest BCUT2D eigenvalue weighted by Crippen LogP contribution is -2.21. The Hall–Kier alpha value is -1.04. The smallest absolute Gasteiger partial charge is 0.124 e. The van der Waals surface area contributed by atoms with E-state index < -0.39 is 0 Å². The molecule has 100 valence electrons. The molecule has 0 aliphatic heterocycles. The van der Waals surface area contributed by atoms with Gasteiger partial charge in [0.25, 0.3) is 0 Å². The summed E-state index contributed by atoms with van der Waals surface area (Å²) in [7, 11) is 1.96. The van der Waals surface area contributed by atoms with E-state index in [2.05, 4.69) is 27.4 Å². The van der Waals surface area contributed by atoms with E-state index >= 15 is 0 Å². The molecule has 2 aromatic rings. The zero-order valence-corrected chi connectivity index (χ0v) is 13.4. The van der Waals surface area contributed by atoms with Crippen molar-refractivity contribution in [2.24, 2.45) is 5.73 Å². The van der Waals surface area contributed by atoms with Gasteiger partial charge in [0.05, 0.1) is 3.79 Å². The van der Waals surface area contributed by atoms with Gasteiger partial charge < -0.3 is 10.6 Å². The van der Waals surface area contributed by atoms with Gasteiger partial charge in [-0.15, -0.1) is 11.3 Å². The summed E-state index contributed by atoms with van der Waals surface area (Å²) in [6, 6.07) is 7.44. The maximum Gasteiger partial charge on any atom is 0.124 e. The van der Waals surface area contributed by atoms with Gasteiger partial charge in [-0.3, -0.25) is 5.41 Å². The summed E-state index contributed by atoms with van der Waals surface area (Å²) in [4.78, 5) is 2.04. The predicted molar refractivity (Wildman–Crippen MR) is 86.6 cm³/mol. The SMILES string of the molecule is CN(Cc1csc(Br)c1)c1cc(Cl)ccc1C(=N)N. The van der Waals surface area contributed by atoms with E-state index in [9.17, 15) is 0 Å². The van der Waals surface area contributed by atoms with Crippen LogP contribution in [0.4, 0.5) is 5.69 Å². The van der Waals surface area contributed by atoms with Crippen LogP contribution in [0.15, 0.2) is 33.4 Å². The number of anilines is 1. The van der Waals surface area contributed by atoms with Crippen LogP contribution in [-0.4, -0.2) is 12.9 Å². The minimum atomic E-state index is 0.0463. The van der Waals surface area contributed by atoms with Crippen molar-refractivity contribution in [1.82, 2.24) is 0 Å². The molecule has 0 fully saturated rings. The molecule has 0 bridgehead atoms. The number of benzene rings is 1. The molecule has 0 radical (unpaired) electrons. The minimum Gasteiger partial charge on any atom is -0.384 e. The second-order valence-corrected chi connectivity index (χ2v) is 6.92. The van der Waals surface area contributed by atoms with Crippen LogP contribution in [0.25, 0.3) is 0 Å². The molecule has 2 rings (SSSR count). The highest BCUT2D eigenvalue weighted by molar-refractivity contribution is 9.11. The van der Waals surface area contributed by atoms with Crippen LogP contribution < -0.4 is 10.6 Å². The molecule has 0 saturated carbocycles. The molecule has 1 heterocycles. The molecule has 1 aromatic carbocycles. The lowest BCUT2D eigenvalue weighted by atomic mass is 10.1. The van der Waals surface area contributed by atoms with E-state index in [-0.39, 0.29) is 5.84 Å². The summed E-state index contributed by atoms with van der Waals surface area (Å²) >= 11 is 11.1. The zero-order valence-electron chi connectivity index (χ0n) is 10.3. The van der Waals surface area contributed by atoms with Gasteiger partial charge in [0.15, 0.2) is 0 Å². The highest BCUT2D eigenvalue weighted by Crippen LogP contribution is 2.27.